The first-order chi connectivity index (χ1) is 8.99. The fraction of sp³-hybridized carbons (Fsp3) is 0.0769. The molecule has 3 nitrogen and oxygen atoms in total. The summed E-state index contributed by atoms with van der Waals surface area (Å²) in [6.45, 7) is 1.46. The van der Waals surface area contributed by atoms with Crippen molar-refractivity contribution in [3.63, 3.8) is 0 Å². The van der Waals surface area contributed by atoms with E-state index in [-0.39, 0.29) is 16.9 Å². The zero-order valence-corrected chi connectivity index (χ0v) is 11.5. The number of hydrogen-bond donors (Lipinski definition) is 1. The van der Waals surface area contributed by atoms with Crippen molar-refractivity contribution in [2.24, 2.45) is 0 Å². The van der Waals surface area contributed by atoms with E-state index in [0.717, 1.165) is 6.07 Å². The molecule has 2 rings (SSSR count). The van der Waals surface area contributed by atoms with Crippen molar-refractivity contribution < 1.29 is 13.6 Å². The number of aryl methyl sites for hydroxylation is 1. The van der Waals surface area contributed by atoms with Gasteiger partial charge in [0.15, 0.2) is 0 Å². The van der Waals surface area contributed by atoms with Gasteiger partial charge in [0.2, 0.25) is 0 Å². The van der Waals surface area contributed by atoms with Crippen LogP contribution in [-0.2, 0) is 0 Å². The summed E-state index contributed by atoms with van der Waals surface area (Å²) in [6, 6.07) is 5.23. The average Bonchev–Trinajstić information content (AvgIpc) is 2.36. The fourth-order valence-electron chi connectivity index (χ4n) is 1.48. The standard InChI is InChI=1S/C13H9BrF2N2O/c1-7-5-8(11(16)6-10(7)15)13(19)18-12-9(14)3-2-4-17-12/h2-6H,1H3,(H,17,18,19). The first-order valence-corrected chi connectivity index (χ1v) is 6.16. The number of aromatic nitrogens is 1. The Kier molecular flexibility index (Phi) is 3.90. The van der Waals surface area contributed by atoms with Gasteiger partial charge in [0.05, 0.1) is 10.0 Å². The van der Waals surface area contributed by atoms with Crippen LogP contribution in [0.15, 0.2) is 34.9 Å². The molecule has 1 aromatic heterocycles. The molecule has 6 heteroatoms. The molecule has 0 aliphatic rings. The number of halogens is 3. The van der Waals surface area contributed by atoms with Crippen molar-refractivity contribution in [3.05, 3.63) is 57.7 Å². The van der Waals surface area contributed by atoms with Gasteiger partial charge >= 0.3 is 0 Å². The van der Waals surface area contributed by atoms with Crippen molar-refractivity contribution in [1.29, 1.82) is 0 Å². The van der Waals surface area contributed by atoms with E-state index in [1.54, 1.807) is 12.1 Å². The third kappa shape index (κ3) is 2.96. The van der Waals surface area contributed by atoms with E-state index in [4.69, 9.17) is 0 Å². The first-order valence-electron chi connectivity index (χ1n) is 5.36. The maximum atomic E-state index is 13.6. The molecular weight excluding hydrogens is 318 g/mol. The highest BCUT2D eigenvalue weighted by molar-refractivity contribution is 9.10. The molecule has 1 aromatic carbocycles. The molecule has 0 saturated carbocycles. The third-order valence-corrected chi connectivity index (χ3v) is 3.12. The van der Waals surface area contributed by atoms with Gasteiger partial charge in [0, 0.05) is 12.3 Å². The van der Waals surface area contributed by atoms with E-state index in [1.165, 1.54) is 13.1 Å². The number of nitrogens with one attached hydrogen (secondary N) is 1. The molecule has 0 aliphatic carbocycles. The van der Waals surface area contributed by atoms with Crippen molar-refractivity contribution >= 4 is 27.7 Å². The molecule has 98 valence electrons. The van der Waals surface area contributed by atoms with E-state index in [1.807, 2.05) is 0 Å². The highest BCUT2D eigenvalue weighted by atomic mass is 79.9. The number of pyridine rings is 1. The molecule has 1 amide bonds. The Balaban J connectivity index is 2.31. The topological polar surface area (TPSA) is 42.0 Å². The number of carbonyl (C=O) groups excluding carboxylic acids is 1. The quantitative estimate of drug-likeness (QED) is 0.914. The van der Waals surface area contributed by atoms with Gasteiger partial charge in [-0.1, -0.05) is 0 Å². The molecule has 0 radical (unpaired) electrons. The molecule has 0 bridgehead atoms. The average molecular weight is 327 g/mol. The lowest BCUT2D eigenvalue weighted by atomic mass is 10.1. The Morgan fingerprint density at radius 2 is 2.05 bits per heavy atom. The van der Waals surface area contributed by atoms with Crippen LogP contribution >= 0.6 is 15.9 Å². The zero-order chi connectivity index (χ0) is 14.0. The molecule has 1 heterocycles. The predicted octanol–water partition coefficient (Wildman–Crippen LogP) is 3.68. The normalized spacial score (nSPS) is 10.3. The molecule has 0 atom stereocenters. The van der Waals surface area contributed by atoms with Crippen LogP contribution in [0.2, 0.25) is 0 Å². The van der Waals surface area contributed by atoms with Crippen LogP contribution in [0.5, 0.6) is 0 Å². The van der Waals surface area contributed by atoms with Gasteiger partial charge < -0.3 is 5.32 Å². The molecule has 0 aliphatic heterocycles. The molecule has 0 unspecified atom stereocenters. The first kappa shape index (κ1) is 13.6. The van der Waals surface area contributed by atoms with E-state index >= 15 is 0 Å². The minimum atomic E-state index is -0.910. The monoisotopic (exact) mass is 326 g/mol. The highest BCUT2D eigenvalue weighted by Gasteiger charge is 2.16. The van der Waals surface area contributed by atoms with Crippen molar-refractivity contribution in [2.45, 2.75) is 6.92 Å². The van der Waals surface area contributed by atoms with Gasteiger partial charge in [0.25, 0.3) is 5.91 Å². The third-order valence-electron chi connectivity index (χ3n) is 2.48. The second kappa shape index (κ2) is 5.44. The van der Waals surface area contributed by atoms with Gasteiger partial charge in [-0.2, -0.15) is 0 Å². The molecule has 0 saturated heterocycles. The number of anilines is 1. The number of amides is 1. The molecule has 2 aromatic rings. The summed E-state index contributed by atoms with van der Waals surface area (Å²) in [4.78, 5) is 15.9. The largest absolute Gasteiger partial charge is 0.306 e. The number of benzene rings is 1. The van der Waals surface area contributed by atoms with Gasteiger partial charge in [-0.25, -0.2) is 13.8 Å². The summed E-state index contributed by atoms with van der Waals surface area (Å²) in [7, 11) is 0. The minimum absolute atomic E-state index is 0.201. The number of rotatable bonds is 2. The maximum absolute atomic E-state index is 13.6. The Morgan fingerprint density at radius 1 is 1.32 bits per heavy atom. The molecule has 19 heavy (non-hydrogen) atoms. The van der Waals surface area contributed by atoms with Crippen molar-refractivity contribution in [2.75, 3.05) is 5.32 Å². The van der Waals surface area contributed by atoms with Gasteiger partial charge in [-0.15, -0.1) is 0 Å². The van der Waals surface area contributed by atoms with Crippen LogP contribution < -0.4 is 5.32 Å². The lowest BCUT2D eigenvalue weighted by Gasteiger charge is -2.08. The van der Waals surface area contributed by atoms with Crippen LogP contribution in [0.3, 0.4) is 0 Å². The SMILES string of the molecule is Cc1cc(C(=O)Nc2ncccc2Br)c(F)cc1F. The molecular formula is C13H9BrF2N2O. The zero-order valence-electron chi connectivity index (χ0n) is 9.88. The summed E-state index contributed by atoms with van der Waals surface area (Å²) in [5, 5.41) is 2.45. The molecule has 0 fully saturated rings. The van der Waals surface area contributed by atoms with Crippen LogP contribution in [0, 0.1) is 18.6 Å². The van der Waals surface area contributed by atoms with Crippen LogP contribution in [0.1, 0.15) is 15.9 Å². The smallest absolute Gasteiger partial charge is 0.259 e. The molecule has 1 N–H and O–H groups in total. The van der Waals surface area contributed by atoms with Crippen LogP contribution in [0.25, 0.3) is 0 Å². The second-order valence-corrected chi connectivity index (χ2v) is 4.72. The maximum Gasteiger partial charge on any atom is 0.259 e. The van der Waals surface area contributed by atoms with Crippen LogP contribution in [-0.4, -0.2) is 10.9 Å². The molecule has 0 spiro atoms. The summed E-state index contributed by atoms with van der Waals surface area (Å²) >= 11 is 3.21. The summed E-state index contributed by atoms with van der Waals surface area (Å²) in [5.74, 6) is -2.01. The number of hydrogen-bond acceptors (Lipinski definition) is 2. The van der Waals surface area contributed by atoms with Gasteiger partial charge in [-0.05, 0) is 46.6 Å². The Morgan fingerprint density at radius 3 is 2.74 bits per heavy atom. The Bertz CT molecular complexity index is 647. The Labute approximate surface area is 116 Å². The van der Waals surface area contributed by atoms with Crippen molar-refractivity contribution in [3.8, 4) is 0 Å². The van der Waals surface area contributed by atoms with Gasteiger partial charge in [0.1, 0.15) is 17.5 Å². The van der Waals surface area contributed by atoms with E-state index in [0.29, 0.717) is 10.5 Å². The van der Waals surface area contributed by atoms with Crippen molar-refractivity contribution in [1.82, 2.24) is 4.98 Å². The van der Waals surface area contributed by atoms with E-state index < -0.39 is 17.5 Å². The van der Waals surface area contributed by atoms with Gasteiger partial charge in [-0.3, -0.25) is 4.79 Å². The van der Waals surface area contributed by atoms with E-state index in [2.05, 4.69) is 26.2 Å². The fourth-order valence-corrected chi connectivity index (χ4v) is 1.84. The Hall–Kier alpha value is -1.82. The number of carbonyl (C=O) groups is 1. The lowest BCUT2D eigenvalue weighted by molar-refractivity contribution is 0.102. The number of nitrogens with zero attached hydrogens (tertiary/aromatic N) is 1. The second-order valence-electron chi connectivity index (χ2n) is 3.87. The van der Waals surface area contributed by atoms with E-state index in [9.17, 15) is 13.6 Å². The van der Waals surface area contributed by atoms with Crippen LogP contribution in [0.4, 0.5) is 14.6 Å². The minimum Gasteiger partial charge on any atom is -0.306 e. The highest BCUT2D eigenvalue weighted by Crippen LogP contribution is 2.20. The lowest BCUT2D eigenvalue weighted by Crippen LogP contribution is -2.15. The predicted molar refractivity (Wildman–Crippen MR) is 71.0 cm³/mol. The summed E-state index contributed by atoms with van der Waals surface area (Å²) in [5.41, 5.74) is -0.0249. The summed E-state index contributed by atoms with van der Waals surface area (Å²) in [6.07, 6.45) is 1.49. The summed E-state index contributed by atoms with van der Waals surface area (Å²) < 4.78 is 27.2.